The monoisotopic (exact) mass is 361 g/mol. The Hall–Kier alpha value is -2.19. The maximum atomic E-state index is 11.6. The average Bonchev–Trinajstić information content (AvgIpc) is 3.16. The third-order valence-electron chi connectivity index (χ3n) is 4.25. The summed E-state index contributed by atoms with van der Waals surface area (Å²) in [5.41, 5.74) is 1.82. The first-order chi connectivity index (χ1) is 12.1. The van der Waals surface area contributed by atoms with Gasteiger partial charge in [0.1, 0.15) is 18.0 Å². The highest BCUT2D eigenvalue weighted by atomic mass is 32.2. The number of anilines is 2. The topological polar surface area (TPSA) is 87.2 Å². The molecule has 8 heteroatoms. The Balaban J connectivity index is 1.59. The van der Waals surface area contributed by atoms with Crippen LogP contribution in [0.3, 0.4) is 0 Å². The first-order valence-electron chi connectivity index (χ1n) is 8.36. The molecule has 1 aromatic heterocycles. The van der Waals surface area contributed by atoms with Crippen LogP contribution >= 0.6 is 0 Å². The van der Waals surface area contributed by atoms with Crippen molar-refractivity contribution in [3.63, 3.8) is 0 Å². The van der Waals surface area contributed by atoms with Gasteiger partial charge in [0.2, 0.25) is 10.0 Å². The second kappa shape index (κ2) is 7.79. The molecule has 2 aromatic rings. The molecule has 1 aromatic carbocycles. The Bertz CT molecular complexity index is 802. The highest BCUT2D eigenvalue weighted by molar-refractivity contribution is 7.88. The molecule has 1 saturated heterocycles. The zero-order valence-electron chi connectivity index (χ0n) is 14.3. The van der Waals surface area contributed by atoms with Gasteiger partial charge in [0.15, 0.2) is 0 Å². The van der Waals surface area contributed by atoms with E-state index in [4.69, 9.17) is 0 Å². The summed E-state index contributed by atoms with van der Waals surface area (Å²) in [4.78, 5) is 10.9. The van der Waals surface area contributed by atoms with Gasteiger partial charge in [-0.25, -0.2) is 23.1 Å². The predicted octanol–water partition coefficient (Wildman–Crippen LogP) is 1.74. The van der Waals surface area contributed by atoms with E-state index in [0.29, 0.717) is 6.54 Å². The minimum absolute atomic E-state index is 0.0116. The van der Waals surface area contributed by atoms with E-state index in [9.17, 15) is 8.42 Å². The summed E-state index contributed by atoms with van der Waals surface area (Å²) >= 11 is 0. The summed E-state index contributed by atoms with van der Waals surface area (Å²) in [6, 6.07) is 9.49. The molecular formula is C17H23N5O2S. The van der Waals surface area contributed by atoms with Gasteiger partial charge >= 0.3 is 0 Å². The van der Waals surface area contributed by atoms with Crippen LogP contribution in [0.1, 0.15) is 24.0 Å². The maximum absolute atomic E-state index is 11.6. The van der Waals surface area contributed by atoms with Crippen molar-refractivity contribution in [1.82, 2.24) is 14.7 Å². The molecule has 3 rings (SSSR count). The summed E-state index contributed by atoms with van der Waals surface area (Å²) in [6.07, 6.45) is 4.01. The van der Waals surface area contributed by atoms with Crippen molar-refractivity contribution in [2.24, 2.45) is 0 Å². The minimum atomic E-state index is -3.24. The average molecular weight is 361 g/mol. The molecule has 1 fully saturated rings. The van der Waals surface area contributed by atoms with Crippen molar-refractivity contribution in [2.45, 2.75) is 25.1 Å². The van der Waals surface area contributed by atoms with E-state index in [1.54, 1.807) is 6.33 Å². The van der Waals surface area contributed by atoms with E-state index in [0.717, 1.165) is 35.9 Å². The fourth-order valence-corrected chi connectivity index (χ4v) is 3.58. The van der Waals surface area contributed by atoms with Crippen molar-refractivity contribution in [2.75, 3.05) is 30.4 Å². The molecule has 0 atom stereocenters. The van der Waals surface area contributed by atoms with E-state index in [1.807, 2.05) is 30.3 Å². The Labute approximate surface area is 148 Å². The first kappa shape index (κ1) is 17.6. The fraction of sp³-hybridized carbons (Fsp3) is 0.412. The van der Waals surface area contributed by atoms with Crippen molar-refractivity contribution in [3.8, 4) is 0 Å². The summed E-state index contributed by atoms with van der Waals surface area (Å²) in [6.45, 7) is 2.72. The smallest absolute Gasteiger partial charge is 0.215 e. The standard InChI is InChI=1S/C17H23N5O2S/c1-18-25(23,24)12-15-6-4-14(5-7-15)11-19-16-10-17(21-13-20-16)22-8-2-3-9-22/h4-7,10,13,18H,2-3,8-9,11-12H2,1H3,(H,19,20,21). The Morgan fingerprint density at radius 1 is 1.08 bits per heavy atom. The highest BCUT2D eigenvalue weighted by Crippen LogP contribution is 2.19. The van der Waals surface area contributed by atoms with Crippen LogP contribution in [0.4, 0.5) is 11.6 Å². The number of sulfonamides is 1. The summed E-state index contributed by atoms with van der Waals surface area (Å²) in [5.74, 6) is 1.74. The fourth-order valence-electron chi connectivity index (χ4n) is 2.80. The molecule has 0 aliphatic carbocycles. The molecule has 0 spiro atoms. The molecule has 0 radical (unpaired) electrons. The first-order valence-corrected chi connectivity index (χ1v) is 10.0. The molecule has 7 nitrogen and oxygen atoms in total. The van der Waals surface area contributed by atoms with Gasteiger partial charge in [-0.1, -0.05) is 24.3 Å². The number of hydrogen-bond acceptors (Lipinski definition) is 6. The number of nitrogens with one attached hydrogen (secondary N) is 2. The van der Waals surface area contributed by atoms with Gasteiger partial charge in [0.05, 0.1) is 5.75 Å². The minimum Gasteiger partial charge on any atom is -0.366 e. The van der Waals surface area contributed by atoms with Crippen LogP contribution in [0, 0.1) is 0 Å². The number of aromatic nitrogens is 2. The summed E-state index contributed by atoms with van der Waals surface area (Å²) in [5, 5.41) is 3.30. The Morgan fingerprint density at radius 2 is 1.76 bits per heavy atom. The SMILES string of the molecule is CNS(=O)(=O)Cc1ccc(CNc2cc(N3CCCC3)ncn2)cc1. The van der Waals surface area contributed by atoms with Crippen molar-refractivity contribution < 1.29 is 8.42 Å². The van der Waals surface area contributed by atoms with Gasteiger partial charge in [-0.3, -0.25) is 0 Å². The van der Waals surface area contributed by atoms with Crippen molar-refractivity contribution >= 4 is 21.7 Å². The van der Waals surface area contributed by atoms with Gasteiger partial charge in [-0.05, 0) is 31.0 Å². The van der Waals surface area contributed by atoms with Crippen LogP contribution in [0.25, 0.3) is 0 Å². The number of nitrogens with zero attached hydrogens (tertiary/aromatic N) is 3. The van der Waals surface area contributed by atoms with Crippen LogP contribution in [-0.2, 0) is 22.3 Å². The van der Waals surface area contributed by atoms with Crippen LogP contribution in [0.15, 0.2) is 36.7 Å². The lowest BCUT2D eigenvalue weighted by atomic mass is 10.1. The molecule has 2 heterocycles. The largest absolute Gasteiger partial charge is 0.366 e. The number of rotatable bonds is 7. The van der Waals surface area contributed by atoms with E-state index in [-0.39, 0.29) is 5.75 Å². The van der Waals surface area contributed by atoms with E-state index >= 15 is 0 Å². The second-order valence-corrected chi connectivity index (χ2v) is 8.02. The van der Waals surface area contributed by atoms with Gasteiger partial charge in [0.25, 0.3) is 0 Å². The lowest BCUT2D eigenvalue weighted by molar-refractivity contribution is 0.587. The molecule has 0 amide bonds. The third-order valence-corrected chi connectivity index (χ3v) is 5.58. The maximum Gasteiger partial charge on any atom is 0.215 e. The zero-order chi connectivity index (χ0) is 17.7. The molecule has 0 bridgehead atoms. The van der Waals surface area contributed by atoms with Gasteiger partial charge in [0, 0.05) is 25.7 Å². The van der Waals surface area contributed by atoms with Gasteiger partial charge < -0.3 is 10.2 Å². The van der Waals surface area contributed by atoms with E-state index < -0.39 is 10.0 Å². The number of benzene rings is 1. The quantitative estimate of drug-likeness (QED) is 0.781. The van der Waals surface area contributed by atoms with E-state index in [2.05, 4.69) is 24.9 Å². The lowest BCUT2D eigenvalue weighted by Crippen LogP contribution is -2.20. The third kappa shape index (κ3) is 4.90. The Morgan fingerprint density at radius 3 is 2.44 bits per heavy atom. The normalized spacial score (nSPS) is 14.7. The van der Waals surface area contributed by atoms with Crippen LogP contribution in [0.2, 0.25) is 0 Å². The molecule has 1 aliphatic rings. The number of hydrogen-bond donors (Lipinski definition) is 2. The second-order valence-electron chi connectivity index (χ2n) is 6.09. The summed E-state index contributed by atoms with van der Waals surface area (Å²) < 4.78 is 25.4. The van der Waals surface area contributed by atoms with Crippen molar-refractivity contribution in [3.05, 3.63) is 47.8 Å². The zero-order valence-corrected chi connectivity index (χ0v) is 15.1. The molecule has 2 N–H and O–H groups in total. The molecule has 1 aliphatic heterocycles. The van der Waals surface area contributed by atoms with Gasteiger partial charge in [-0.15, -0.1) is 0 Å². The highest BCUT2D eigenvalue weighted by Gasteiger charge is 2.14. The predicted molar refractivity (Wildman–Crippen MR) is 98.9 cm³/mol. The van der Waals surface area contributed by atoms with Crippen LogP contribution in [0.5, 0.6) is 0 Å². The van der Waals surface area contributed by atoms with E-state index in [1.165, 1.54) is 19.9 Å². The van der Waals surface area contributed by atoms with Crippen LogP contribution in [-0.4, -0.2) is 38.5 Å². The Kier molecular flexibility index (Phi) is 5.50. The van der Waals surface area contributed by atoms with Gasteiger partial charge in [-0.2, -0.15) is 0 Å². The molecule has 0 saturated carbocycles. The molecule has 25 heavy (non-hydrogen) atoms. The van der Waals surface area contributed by atoms with Crippen LogP contribution < -0.4 is 14.9 Å². The molecule has 134 valence electrons. The lowest BCUT2D eigenvalue weighted by Gasteiger charge is -2.16. The van der Waals surface area contributed by atoms with Crippen molar-refractivity contribution in [1.29, 1.82) is 0 Å². The molecular weight excluding hydrogens is 338 g/mol. The summed E-state index contributed by atoms with van der Waals surface area (Å²) in [7, 11) is -1.82. The molecule has 0 unspecified atom stereocenters.